The number of aromatic nitrogens is 2. The normalized spacial score (nSPS) is 11.8. The number of benzene rings is 1. The van der Waals surface area contributed by atoms with E-state index in [0.29, 0.717) is 16.6 Å². The van der Waals surface area contributed by atoms with Gasteiger partial charge in [-0.05, 0) is 19.1 Å². The van der Waals surface area contributed by atoms with Gasteiger partial charge in [-0.2, -0.15) is 0 Å². The molecular weight excluding hydrogens is 221 g/mol. The zero-order chi connectivity index (χ0) is 11.8. The van der Waals surface area contributed by atoms with Gasteiger partial charge in [-0.3, -0.25) is 0 Å². The van der Waals surface area contributed by atoms with Crippen molar-refractivity contribution in [3.63, 3.8) is 0 Å². The number of rotatable bonds is 1. The van der Waals surface area contributed by atoms with E-state index < -0.39 is 6.36 Å². The summed E-state index contributed by atoms with van der Waals surface area (Å²) in [6.07, 6.45) is -3.38. The number of nitrogens with zero attached hydrogens (tertiary/aromatic N) is 2. The van der Waals surface area contributed by atoms with E-state index in [4.69, 9.17) is 0 Å². The maximum absolute atomic E-state index is 12.0. The van der Waals surface area contributed by atoms with Crippen LogP contribution in [0.4, 0.5) is 13.2 Å². The lowest BCUT2D eigenvalue weighted by atomic mass is 10.2. The van der Waals surface area contributed by atoms with Crippen LogP contribution in [0.1, 0.15) is 5.69 Å². The van der Waals surface area contributed by atoms with Crippen LogP contribution in [0.2, 0.25) is 0 Å². The Morgan fingerprint density at radius 1 is 1.19 bits per heavy atom. The number of ether oxygens (including phenoxy) is 1. The molecule has 0 atom stereocenters. The number of halogens is 3. The fourth-order valence-corrected chi connectivity index (χ4v) is 1.37. The highest BCUT2D eigenvalue weighted by Crippen LogP contribution is 2.26. The van der Waals surface area contributed by atoms with E-state index in [1.54, 1.807) is 6.92 Å². The Balaban J connectivity index is 2.45. The molecule has 0 saturated heterocycles. The predicted molar refractivity (Wildman–Crippen MR) is 51.0 cm³/mol. The van der Waals surface area contributed by atoms with Crippen LogP contribution in [0.25, 0.3) is 10.9 Å². The maximum Gasteiger partial charge on any atom is 0.573 e. The molecule has 0 aliphatic heterocycles. The van der Waals surface area contributed by atoms with Gasteiger partial charge < -0.3 is 4.74 Å². The number of hydrogen-bond acceptors (Lipinski definition) is 3. The van der Waals surface area contributed by atoms with Gasteiger partial charge in [-0.25, -0.2) is 9.97 Å². The van der Waals surface area contributed by atoms with E-state index in [1.165, 1.54) is 24.5 Å². The van der Waals surface area contributed by atoms with Crippen molar-refractivity contribution >= 4 is 10.9 Å². The zero-order valence-electron chi connectivity index (χ0n) is 8.25. The van der Waals surface area contributed by atoms with E-state index in [-0.39, 0.29) is 5.75 Å². The monoisotopic (exact) mass is 228 g/mol. The minimum absolute atomic E-state index is 0.280. The van der Waals surface area contributed by atoms with Crippen LogP contribution in [-0.4, -0.2) is 16.3 Å². The van der Waals surface area contributed by atoms with E-state index >= 15 is 0 Å². The summed E-state index contributed by atoms with van der Waals surface area (Å²) in [7, 11) is 0. The Bertz CT molecular complexity index is 525. The Morgan fingerprint density at radius 2 is 1.94 bits per heavy atom. The van der Waals surface area contributed by atoms with Gasteiger partial charge in [0.25, 0.3) is 0 Å². The molecule has 16 heavy (non-hydrogen) atoms. The second-order valence-electron chi connectivity index (χ2n) is 3.19. The van der Waals surface area contributed by atoms with Gasteiger partial charge in [0, 0.05) is 17.1 Å². The highest BCUT2D eigenvalue weighted by Gasteiger charge is 2.31. The van der Waals surface area contributed by atoms with Crippen molar-refractivity contribution in [2.45, 2.75) is 13.3 Å². The molecule has 0 aliphatic carbocycles. The molecular formula is C10H7F3N2O. The minimum atomic E-state index is -4.68. The number of hydrogen-bond donors (Lipinski definition) is 0. The van der Waals surface area contributed by atoms with Gasteiger partial charge in [-0.1, -0.05) is 0 Å². The lowest BCUT2D eigenvalue weighted by Gasteiger charge is -2.09. The Kier molecular flexibility index (Phi) is 2.41. The molecule has 2 rings (SSSR count). The fourth-order valence-electron chi connectivity index (χ4n) is 1.37. The lowest BCUT2D eigenvalue weighted by Crippen LogP contribution is -2.17. The van der Waals surface area contributed by atoms with E-state index in [2.05, 4.69) is 14.7 Å². The molecule has 0 saturated carbocycles. The number of aryl methyl sites for hydroxylation is 1. The van der Waals surface area contributed by atoms with Gasteiger partial charge in [0.1, 0.15) is 12.1 Å². The lowest BCUT2D eigenvalue weighted by molar-refractivity contribution is -0.274. The summed E-state index contributed by atoms with van der Waals surface area (Å²) in [5.74, 6) is -0.280. The second-order valence-corrected chi connectivity index (χ2v) is 3.19. The van der Waals surface area contributed by atoms with Gasteiger partial charge in [0.05, 0.1) is 5.52 Å². The predicted octanol–water partition coefficient (Wildman–Crippen LogP) is 2.84. The van der Waals surface area contributed by atoms with Crippen LogP contribution >= 0.6 is 0 Å². The van der Waals surface area contributed by atoms with Crippen molar-refractivity contribution in [1.82, 2.24) is 9.97 Å². The molecule has 3 nitrogen and oxygen atoms in total. The first-order valence-corrected chi connectivity index (χ1v) is 4.43. The quantitative estimate of drug-likeness (QED) is 0.752. The molecule has 0 amide bonds. The van der Waals surface area contributed by atoms with Gasteiger partial charge in [0.15, 0.2) is 0 Å². The first-order valence-electron chi connectivity index (χ1n) is 4.43. The summed E-state index contributed by atoms with van der Waals surface area (Å²) in [5, 5.41) is 0.706. The average Bonchev–Trinajstić information content (AvgIpc) is 2.15. The summed E-state index contributed by atoms with van der Waals surface area (Å²) in [4.78, 5) is 7.81. The standard InChI is InChI=1S/C10H7F3N2O/c1-6-8-3-2-7(16-10(11,12)13)4-9(8)15-5-14-6/h2-5H,1H3. The smallest absolute Gasteiger partial charge is 0.406 e. The third kappa shape index (κ3) is 2.21. The van der Waals surface area contributed by atoms with Gasteiger partial charge >= 0.3 is 6.36 Å². The fraction of sp³-hybridized carbons (Fsp3) is 0.200. The summed E-state index contributed by atoms with van der Waals surface area (Å²) >= 11 is 0. The summed E-state index contributed by atoms with van der Waals surface area (Å²) in [6, 6.07) is 3.98. The first kappa shape index (κ1) is 10.7. The van der Waals surface area contributed by atoms with Crippen molar-refractivity contribution in [1.29, 1.82) is 0 Å². The molecule has 1 aromatic heterocycles. The van der Waals surface area contributed by atoms with Crippen LogP contribution in [-0.2, 0) is 0 Å². The third-order valence-electron chi connectivity index (χ3n) is 2.04. The molecule has 0 fully saturated rings. The summed E-state index contributed by atoms with van der Waals surface area (Å²) in [5.41, 5.74) is 1.14. The molecule has 0 unspecified atom stereocenters. The molecule has 0 bridgehead atoms. The maximum atomic E-state index is 12.0. The topological polar surface area (TPSA) is 35.0 Å². The highest BCUT2D eigenvalue weighted by atomic mass is 19.4. The second kappa shape index (κ2) is 3.62. The summed E-state index contributed by atoms with van der Waals surface area (Å²) in [6.45, 7) is 1.76. The number of alkyl halides is 3. The Hall–Kier alpha value is -1.85. The van der Waals surface area contributed by atoms with Crippen molar-refractivity contribution < 1.29 is 17.9 Å². The first-order chi connectivity index (χ1) is 7.46. The third-order valence-corrected chi connectivity index (χ3v) is 2.04. The van der Waals surface area contributed by atoms with Crippen LogP contribution in [0.3, 0.4) is 0 Å². The molecule has 1 aromatic carbocycles. The van der Waals surface area contributed by atoms with Crippen molar-refractivity contribution in [3.8, 4) is 5.75 Å². The van der Waals surface area contributed by atoms with Gasteiger partial charge in [-0.15, -0.1) is 13.2 Å². The van der Waals surface area contributed by atoms with Crippen molar-refractivity contribution in [2.24, 2.45) is 0 Å². The van der Waals surface area contributed by atoms with E-state index in [9.17, 15) is 13.2 Å². The minimum Gasteiger partial charge on any atom is -0.406 e. The average molecular weight is 228 g/mol. The highest BCUT2D eigenvalue weighted by molar-refractivity contribution is 5.81. The van der Waals surface area contributed by atoms with Crippen LogP contribution < -0.4 is 4.74 Å². The van der Waals surface area contributed by atoms with Crippen molar-refractivity contribution in [2.75, 3.05) is 0 Å². The molecule has 0 aliphatic rings. The SMILES string of the molecule is Cc1ncnc2cc(OC(F)(F)F)ccc12. The molecule has 0 radical (unpaired) electrons. The Morgan fingerprint density at radius 3 is 2.62 bits per heavy atom. The Labute approximate surface area is 88.9 Å². The van der Waals surface area contributed by atoms with Crippen LogP contribution in [0.5, 0.6) is 5.75 Å². The largest absolute Gasteiger partial charge is 0.573 e. The molecule has 1 heterocycles. The van der Waals surface area contributed by atoms with E-state index in [1.807, 2.05) is 0 Å². The van der Waals surface area contributed by atoms with Crippen molar-refractivity contribution in [3.05, 3.63) is 30.2 Å². The zero-order valence-corrected chi connectivity index (χ0v) is 8.25. The van der Waals surface area contributed by atoms with Crippen LogP contribution in [0.15, 0.2) is 24.5 Å². The van der Waals surface area contributed by atoms with Gasteiger partial charge in [0.2, 0.25) is 0 Å². The molecule has 0 spiro atoms. The molecule has 84 valence electrons. The number of fused-ring (bicyclic) bond motifs is 1. The van der Waals surface area contributed by atoms with Crippen LogP contribution in [0, 0.1) is 6.92 Å². The molecule has 2 aromatic rings. The summed E-state index contributed by atoms with van der Waals surface area (Å²) < 4.78 is 39.7. The van der Waals surface area contributed by atoms with E-state index in [0.717, 1.165) is 0 Å². The molecule has 0 N–H and O–H groups in total. The molecule has 6 heteroatoms.